The lowest BCUT2D eigenvalue weighted by Gasteiger charge is -2.34. The number of nitrogens with zero attached hydrogens (tertiary/aromatic N) is 1. The minimum absolute atomic E-state index is 0.177. The number of halogens is 1. The fraction of sp³-hybridized carbons (Fsp3) is 0.538. The number of piperidine rings is 1. The molecular weight excluding hydrogens is 205 g/mol. The number of likely N-dealkylation sites (tertiary alicyclic amines) is 1. The summed E-state index contributed by atoms with van der Waals surface area (Å²) < 4.78 is 13.0. The third-order valence-corrected chi connectivity index (χ3v) is 3.24. The Hall–Kier alpha value is -0.930. The lowest BCUT2D eigenvalue weighted by molar-refractivity contribution is 0.0320. The molecule has 1 aliphatic heterocycles. The maximum Gasteiger partial charge on any atom is 0.123 e. The Labute approximate surface area is 95.7 Å². The zero-order chi connectivity index (χ0) is 11.5. The quantitative estimate of drug-likeness (QED) is 0.829. The van der Waals surface area contributed by atoms with E-state index in [1.165, 1.54) is 6.07 Å². The van der Waals surface area contributed by atoms with Crippen LogP contribution >= 0.6 is 0 Å². The van der Waals surface area contributed by atoms with Crippen molar-refractivity contribution in [2.75, 3.05) is 13.1 Å². The molecule has 0 aliphatic carbocycles. The summed E-state index contributed by atoms with van der Waals surface area (Å²) in [5, 5.41) is 9.62. The molecule has 1 saturated heterocycles. The molecule has 2 rings (SSSR count). The molecule has 88 valence electrons. The number of aliphatic hydroxyl groups is 1. The molecule has 1 aromatic rings. The Bertz CT molecular complexity index is 356. The van der Waals surface area contributed by atoms with Crippen molar-refractivity contribution >= 4 is 0 Å². The van der Waals surface area contributed by atoms with Gasteiger partial charge in [-0.3, -0.25) is 4.90 Å². The molecule has 1 heterocycles. The molecule has 0 spiro atoms. The number of hydrogen-bond acceptors (Lipinski definition) is 2. The van der Waals surface area contributed by atoms with Crippen LogP contribution < -0.4 is 0 Å². The van der Waals surface area contributed by atoms with Crippen LogP contribution in [0.25, 0.3) is 0 Å². The van der Waals surface area contributed by atoms with Crippen molar-refractivity contribution in [3.8, 4) is 0 Å². The number of aliphatic hydroxyl groups excluding tert-OH is 1. The van der Waals surface area contributed by atoms with Gasteiger partial charge >= 0.3 is 0 Å². The van der Waals surface area contributed by atoms with Crippen molar-refractivity contribution in [3.63, 3.8) is 0 Å². The van der Waals surface area contributed by atoms with E-state index in [1.807, 2.05) is 6.07 Å². The Morgan fingerprint density at radius 3 is 3.00 bits per heavy atom. The number of benzene rings is 1. The van der Waals surface area contributed by atoms with E-state index in [1.54, 1.807) is 12.1 Å². The molecule has 2 atom stereocenters. The summed E-state index contributed by atoms with van der Waals surface area (Å²) in [4.78, 5) is 2.27. The van der Waals surface area contributed by atoms with Gasteiger partial charge in [0.15, 0.2) is 0 Å². The molecular formula is C13H18FNO. The van der Waals surface area contributed by atoms with Crippen molar-refractivity contribution in [3.05, 3.63) is 35.6 Å². The van der Waals surface area contributed by atoms with E-state index in [0.717, 1.165) is 31.6 Å². The molecule has 2 nitrogen and oxygen atoms in total. The summed E-state index contributed by atoms with van der Waals surface area (Å²) in [6.07, 6.45) is 0.639. The first-order valence-electron chi connectivity index (χ1n) is 5.80. The van der Waals surface area contributed by atoms with E-state index in [0.29, 0.717) is 5.92 Å². The molecule has 1 N–H and O–H groups in total. The van der Waals surface area contributed by atoms with Crippen LogP contribution in [-0.2, 0) is 6.54 Å². The summed E-state index contributed by atoms with van der Waals surface area (Å²) >= 11 is 0. The van der Waals surface area contributed by atoms with Gasteiger partial charge in [0.05, 0.1) is 6.10 Å². The van der Waals surface area contributed by atoms with Gasteiger partial charge in [-0.1, -0.05) is 19.1 Å². The van der Waals surface area contributed by atoms with Crippen LogP contribution in [0.15, 0.2) is 24.3 Å². The first-order chi connectivity index (χ1) is 7.65. The highest BCUT2D eigenvalue weighted by molar-refractivity contribution is 5.16. The highest BCUT2D eigenvalue weighted by atomic mass is 19.1. The highest BCUT2D eigenvalue weighted by Crippen LogP contribution is 2.18. The Balaban J connectivity index is 1.95. The molecule has 1 fully saturated rings. The summed E-state index contributed by atoms with van der Waals surface area (Å²) in [6.45, 7) is 4.61. The van der Waals surface area contributed by atoms with E-state index in [2.05, 4.69) is 11.8 Å². The number of hydrogen-bond donors (Lipinski definition) is 1. The van der Waals surface area contributed by atoms with E-state index >= 15 is 0 Å². The zero-order valence-electron chi connectivity index (χ0n) is 9.56. The van der Waals surface area contributed by atoms with Crippen LogP contribution in [0.3, 0.4) is 0 Å². The summed E-state index contributed by atoms with van der Waals surface area (Å²) in [6, 6.07) is 6.73. The van der Waals surface area contributed by atoms with E-state index in [4.69, 9.17) is 0 Å². The maximum absolute atomic E-state index is 13.0. The third kappa shape index (κ3) is 2.80. The lowest BCUT2D eigenvalue weighted by atomic mass is 9.96. The first-order valence-corrected chi connectivity index (χ1v) is 5.80. The standard InChI is InChI=1S/C13H18FNO/c1-10-8-15(6-5-13(10)16)9-11-3-2-4-12(14)7-11/h2-4,7,10,13,16H,5-6,8-9H2,1H3/t10-,13-/m0/s1. The largest absolute Gasteiger partial charge is 0.393 e. The van der Waals surface area contributed by atoms with Gasteiger partial charge in [-0.05, 0) is 30.0 Å². The molecule has 0 radical (unpaired) electrons. The van der Waals surface area contributed by atoms with Crippen molar-refractivity contribution in [1.29, 1.82) is 0 Å². The molecule has 0 unspecified atom stereocenters. The molecule has 1 aliphatic rings. The second-order valence-corrected chi connectivity index (χ2v) is 4.70. The van der Waals surface area contributed by atoms with Crippen LogP contribution in [-0.4, -0.2) is 29.2 Å². The fourth-order valence-corrected chi connectivity index (χ4v) is 2.26. The van der Waals surface area contributed by atoms with Crippen LogP contribution in [0.1, 0.15) is 18.9 Å². The van der Waals surface area contributed by atoms with Crippen LogP contribution in [0.5, 0.6) is 0 Å². The Kier molecular flexibility index (Phi) is 3.56. The molecule has 16 heavy (non-hydrogen) atoms. The third-order valence-electron chi connectivity index (χ3n) is 3.24. The molecule has 1 aromatic carbocycles. The molecule has 3 heteroatoms. The van der Waals surface area contributed by atoms with Gasteiger partial charge in [-0.2, -0.15) is 0 Å². The van der Waals surface area contributed by atoms with Crippen LogP contribution in [0, 0.1) is 11.7 Å². The predicted molar refractivity (Wildman–Crippen MR) is 61.5 cm³/mol. The molecule has 0 bridgehead atoms. The first kappa shape index (κ1) is 11.6. The molecule has 0 saturated carbocycles. The second-order valence-electron chi connectivity index (χ2n) is 4.70. The monoisotopic (exact) mass is 223 g/mol. The summed E-state index contributed by atoms with van der Waals surface area (Å²) in [7, 11) is 0. The van der Waals surface area contributed by atoms with Gasteiger partial charge in [0.2, 0.25) is 0 Å². The van der Waals surface area contributed by atoms with E-state index in [9.17, 15) is 9.50 Å². The van der Waals surface area contributed by atoms with Crippen molar-refractivity contribution < 1.29 is 9.50 Å². The second kappa shape index (κ2) is 4.93. The van der Waals surface area contributed by atoms with Gasteiger partial charge in [0.1, 0.15) is 5.82 Å². The topological polar surface area (TPSA) is 23.5 Å². The van der Waals surface area contributed by atoms with Crippen molar-refractivity contribution in [1.82, 2.24) is 4.90 Å². The predicted octanol–water partition coefficient (Wildman–Crippen LogP) is 2.03. The lowest BCUT2D eigenvalue weighted by Crippen LogP contribution is -2.41. The maximum atomic E-state index is 13.0. The fourth-order valence-electron chi connectivity index (χ4n) is 2.26. The Morgan fingerprint density at radius 1 is 1.50 bits per heavy atom. The van der Waals surface area contributed by atoms with Crippen molar-refractivity contribution in [2.45, 2.75) is 26.0 Å². The van der Waals surface area contributed by atoms with Crippen LogP contribution in [0.2, 0.25) is 0 Å². The summed E-state index contributed by atoms with van der Waals surface area (Å²) in [5.74, 6) is 0.130. The van der Waals surface area contributed by atoms with Gasteiger partial charge in [-0.25, -0.2) is 4.39 Å². The normalized spacial score (nSPS) is 26.9. The van der Waals surface area contributed by atoms with E-state index < -0.39 is 0 Å². The van der Waals surface area contributed by atoms with Gasteiger partial charge in [-0.15, -0.1) is 0 Å². The van der Waals surface area contributed by atoms with Gasteiger partial charge in [0, 0.05) is 19.6 Å². The SMILES string of the molecule is C[C@H]1CN(Cc2cccc(F)c2)CC[C@@H]1O. The highest BCUT2D eigenvalue weighted by Gasteiger charge is 2.23. The van der Waals surface area contributed by atoms with Gasteiger partial charge < -0.3 is 5.11 Å². The zero-order valence-corrected chi connectivity index (χ0v) is 9.56. The average Bonchev–Trinajstić information content (AvgIpc) is 2.24. The number of rotatable bonds is 2. The van der Waals surface area contributed by atoms with Gasteiger partial charge in [0.25, 0.3) is 0 Å². The molecule has 0 amide bonds. The van der Waals surface area contributed by atoms with E-state index in [-0.39, 0.29) is 11.9 Å². The summed E-state index contributed by atoms with van der Waals surface area (Å²) in [5.41, 5.74) is 1.00. The smallest absolute Gasteiger partial charge is 0.123 e. The molecule has 0 aromatic heterocycles. The minimum atomic E-state index is -0.178. The Morgan fingerprint density at radius 2 is 2.31 bits per heavy atom. The average molecular weight is 223 g/mol. The minimum Gasteiger partial charge on any atom is -0.393 e. The van der Waals surface area contributed by atoms with Crippen molar-refractivity contribution in [2.24, 2.45) is 5.92 Å². The van der Waals surface area contributed by atoms with Crippen LogP contribution in [0.4, 0.5) is 4.39 Å².